The second kappa shape index (κ2) is 6.92. The molecule has 6 nitrogen and oxygen atoms in total. The van der Waals surface area contributed by atoms with Gasteiger partial charge in [0.25, 0.3) is 0 Å². The summed E-state index contributed by atoms with van der Waals surface area (Å²) >= 11 is 0. The third-order valence-corrected chi connectivity index (χ3v) is 3.20. The van der Waals surface area contributed by atoms with E-state index in [1.807, 2.05) is 25.7 Å². The van der Waals surface area contributed by atoms with E-state index in [2.05, 4.69) is 0 Å². The minimum absolute atomic E-state index is 0.0760. The molecule has 1 rings (SSSR count). The van der Waals surface area contributed by atoms with Gasteiger partial charge in [-0.15, -0.1) is 0 Å². The van der Waals surface area contributed by atoms with E-state index in [9.17, 15) is 9.59 Å². The second-order valence-electron chi connectivity index (χ2n) is 6.50. The van der Waals surface area contributed by atoms with Gasteiger partial charge in [0.15, 0.2) is 0 Å². The molecule has 0 aliphatic carbocycles. The van der Waals surface area contributed by atoms with Gasteiger partial charge in [0.05, 0.1) is 6.54 Å². The summed E-state index contributed by atoms with van der Waals surface area (Å²) in [7, 11) is 1.73. The standard InChI is InChI=1S/C14H26N2O4/c1-14(2,3)20-13(19)15(4)8-11-6-5-7-16(9-11)10-12(17)18/h11H,5-10H2,1-4H3,(H,17,18)/t11-/m0/s1. The van der Waals surface area contributed by atoms with Gasteiger partial charge in [-0.3, -0.25) is 9.69 Å². The van der Waals surface area contributed by atoms with Gasteiger partial charge < -0.3 is 14.7 Å². The molecule has 116 valence electrons. The highest BCUT2D eigenvalue weighted by Gasteiger charge is 2.25. The van der Waals surface area contributed by atoms with Crippen LogP contribution in [0.5, 0.6) is 0 Å². The molecular weight excluding hydrogens is 260 g/mol. The van der Waals surface area contributed by atoms with Crippen LogP contribution in [0, 0.1) is 5.92 Å². The summed E-state index contributed by atoms with van der Waals surface area (Å²) in [6, 6.07) is 0. The van der Waals surface area contributed by atoms with E-state index in [0.29, 0.717) is 12.5 Å². The lowest BCUT2D eigenvalue weighted by Crippen LogP contribution is -2.44. The Bertz CT molecular complexity index is 352. The molecule has 0 spiro atoms. The SMILES string of the molecule is CN(C[C@@H]1CCCN(CC(=O)O)C1)C(=O)OC(C)(C)C. The predicted octanol–water partition coefficient (Wildman–Crippen LogP) is 1.65. The number of hydrogen-bond donors (Lipinski definition) is 1. The molecule has 0 unspecified atom stereocenters. The quantitative estimate of drug-likeness (QED) is 0.851. The van der Waals surface area contributed by atoms with Crippen LogP contribution in [0.3, 0.4) is 0 Å². The molecule has 0 aromatic heterocycles. The van der Waals surface area contributed by atoms with Crippen LogP contribution in [0.15, 0.2) is 0 Å². The van der Waals surface area contributed by atoms with Gasteiger partial charge in [0.2, 0.25) is 0 Å². The van der Waals surface area contributed by atoms with E-state index in [-0.39, 0.29) is 12.6 Å². The third-order valence-electron chi connectivity index (χ3n) is 3.20. The Balaban J connectivity index is 2.43. The summed E-state index contributed by atoms with van der Waals surface area (Å²) in [5.41, 5.74) is -0.493. The number of aliphatic carboxylic acids is 1. The normalized spacial score (nSPS) is 20.5. The average molecular weight is 286 g/mol. The summed E-state index contributed by atoms with van der Waals surface area (Å²) in [4.78, 5) is 26.1. The van der Waals surface area contributed by atoms with E-state index in [0.717, 1.165) is 25.9 Å². The van der Waals surface area contributed by atoms with E-state index < -0.39 is 11.6 Å². The predicted molar refractivity (Wildman–Crippen MR) is 75.7 cm³/mol. The molecule has 0 aromatic rings. The molecule has 1 amide bonds. The van der Waals surface area contributed by atoms with E-state index >= 15 is 0 Å². The summed E-state index contributed by atoms with van der Waals surface area (Å²) < 4.78 is 5.31. The number of likely N-dealkylation sites (tertiary alicyclic amines) is 1. The smallest absolute Gasteiger partial charge is 0.410 e. The fraction of sp³-hybridized carbons (Fsp3) is 0.857. The number of amides is 1. The van der Waals surface area contributed by atoms with E-state index in [1.165, 1.54) is 0 Å². The molecule has 1 heterocycles. The number of carbonyl (C=O) groups is 2. The number of carboxylic acid groups (broad SMARTS) is 1. The number of hydrogen-bond acceptors (Lipinski definition) is 4. The largest absolute Gasteiger partial charge is 0.480 e. The van der Waals surface area contributed by atoms with E-state index in [4.69, 9.17) is 9.84 Å². The van der Waals surface area contributed by atoms with Gasteiger partial charge in [-0.1, -0.05) is 0 Å². The highest BCUT2D eigenvalue weighted by molar-refractivity contribution is 5.69. The lowest BCUT2D eigenvalue weighted by Gasteiger charge is -2.34. The maximum absolute atomic E-state index is 11.9. The number of rotatable bonds is 4. The van der Waals surface area contributed by atoms with Crippen molar-refractivity contribution in [3.8, 4) is 0 Å². The van der Waals surface area contributed by atoms with E-state index in [1.54, 1.807) is 11.9 Å². The van der Waals surface area contributed by atoms with Gasteiger partial charge in [-0.2, -0.15) is 0 Å². The molecule has 1 atom stereocenters. The average Bonchev–Trinajstić information content (AvgIpc) is 2.26. The first-order valence-electron chi connectivity index (χ1n) is 7.05. The Morgan fingerprint density at radius 1 is 1.40 bits per heavy atom. The van der Waals surface area contributed by atoms with Crippen molar-refractivity contribution >= 4 is 12.1 Å². The second-order valence-corrected chi connectivity index (χ2v) is 6.50. The minimum atomic E-state index is -0.800. The molecule has 1 fully saturated rings. The Morgan fingerprint density at radius 3 is 2.60 bits per heavy atom. The number of nitrogens with zero attached hydrogens (tertiary/aromatic N) is 2. The number of piperidine rings is 1. The maximum atomic E-state index is 11.9. The van der Waals surface area contributed by atoms with Crippen molar-refractivity contribution in [1.29, 1.82) is 0 Å². The minimum Gasteiger partial charge on any atom is -0.480 e. The topological polar surface area (TPSA) is 70.1 Å². The van der Waals surface area contributed by atoms with Crippen LogP contribution in [0.25, 0.3) is 0 Å². The molecule has 1 saturated heterocycles. The van der Waals surface area contributed by atoms with Crippen molar-refractivity contribution in [2.75, 3.05) is 33.2 Å². The lowest BCUT2D eigenvalue weighted by molar-refractivity contribution is -0.138. The highest BCUT2D eigenvalue weighted by atomic mass is 16.6. The molecule has 0 saturated carbocycles. The van der Waals surface area contributed by atoms with Crippen molar-refractivity contribution in [2.45, 2.75) is 39.2 Å². The van der Waals surface area contributed by atoms with Crippen LogP contribution >= 0.6 is 0 Å². The first-order chi connectivity index (χ1) is 9.17. The van der Waals surface area contributed by atoms with Crippen LogP contribution in [0.1, 0.15) is 33.6 Å². The zero-order valence-electron chi connectivity index (χ0n) is 12.9. The van der Waals surface area contributed by atoms with Crippen LogP contribution < -0.4 is 0 Å². The molecule has 6 heteroatoms. The Labute approximate surface area is 120 Å². The number of ether oxygens (including phenoxy) is 1. The molecule has 20 heavy (non-hydrogen) atoms. The third kappa shape index (κ3) is 6.23. The summed E-state index contributed by atoms with van der Waals surface area (Å²) in [6.45, 7) is 7.74. The fourth-order valence-electron chi connectivity index (χ4n) is 2.44. The molecule has 0 aromatic carbocycles. The van der Waals surface area contributed by atoms with Crippen LogP contribution in [-0.2, 0) is 9.53 Å². The lowest BCUT2D eigenvalue weighted by atomic mass is 9.97. The monoisotopic (exact) mass is 286 g/mol. The highest BCUT2D eigenvalue weighted by Crippen LogP contribution is 2.18. The number of carboxylic acids is 1. The van der Waals surface area contributed by atoms with Crippen molar-refractivity contribution < 1.29 is 19.4 Å². The zero-order valence-corrected chi connectivity index (χ0v) is 12.9. The van der Waals surface area contributed by atoms with Crippen LogP contribution in [-0.4, -0.2) is 65.8 Å². The van der Waals surface area contributed by atoms with Gasteiger partial charge in [-0.05, 0) is 46.1 Å². The Hall–Kier alpha value is -1.30. The molecule has 0 bridgehead atoms. The molecular formula is C14H26N2O4. The van der Waals surface area contributed by atoms with Crippen molar-refractivity contribution in [1.82, 2.24) is 9.80 Å². The first-order valence-corrected chi connectivity index (χ1v) is 7.05. The van der Waals surface area contributed by atoms with Crippen LogP contribution in [0.2, 0.25) is 0 Å². The van der Waals surface area contributed by atoms with Crippen molar-refractivity contribution in [2.24, 2.45) is 5.92 Å². The van der Waals surface area contributed by atoms with Crippen molar-refractivity contribution in [3.05, 3.63) is 0 Å². The Kier molecular flexibility index (Phi) is 5.80. The van der Waals surface area contributed by atoms with Gasteiger partial charge in [0.1, 0.15) is 5.60 Å². The van der Waals surface area contributed by atoms with Crippen LogP contribution in [0.4, 0.5) is 4.79 Å². The zero-order chi connectivity index (χ0) is 15.3. The van der Waals surface area contributed by atoms with Gasteiger partial charge in [-0.25, -0.2) is 4.79 Å². The molecule has 1 aliphatic rings. The molecule has 0 radical (unpaired) electrons. The summed E-state index contributed by atoms with van der Waals surface area (Å²) in [6.07, 6.45) is 1.66. The molecule has 1 N–H and O–H groups in total. The van der Waals surface area contributed by atoms with Gasteiger partial charge >= 0.3 is 12.1 Å². The summed E-state index contributed by atoms with van der Waals surface area (Å²) in [5, 5.41) is 8.82. The Morgan fingerprint density at radius 2 is 2.05 bits per heavy atom. The first kappa shape index (κ1) is 16.8. The summed E-state index contributed by atoms with van der Waals surface area (Å²) in [5.74, 6) is -0.494. The van der Waals surface area contributed by atoms with Gasteiger partial charge in [0, 0.05) is 20.1 Å². The number of carbonyl (C=O) groups excluding carboxylic acids is 1. The fourth-order valence-corrected chi connectivity index (χ4v) is 2.44. The van der Waals surface area contributed by atoms with Crippen molar-refractivity contribution in [3.63, 3.8) is 0 Å². The molecule has 1 aliphatic heterocycles. The maximum Gasteiger partial charge on any atom is 0.410 e.